The van der Waals surface area contributed by atoms with Crippen molar-refractivity contribution in [2.75, 3.05) is 0 Å². The van der Waals surface area contributed by atoms with Gasteiger partial charge in [-0.15, -0.1) is 0 Å². The Kier molecular flexibility index (Phi) is 2.78. The molecule has 0 radical (unpaired) electrons. The van der Waals surface area contributed by atoms with Crippen LogP contribution in [0.3, 0.4) is 0 Å². The van der Waals surface area contributed by atoms with Gasteiger partial charge in [0.2, 0.25) is 0 Å². The van der Waals surface area contributed by atoms with Crippen LogP contribution in [-0.4, -0.2) is 0 Å². The second-order valence-electron chi connectivity index (χ2n) is 14.9. The fourth-order valence-corrected chi connectivity index (χ4v) is 13.8. The third kappa shape index (κ3) is 1.68. The van der Waals surface area contributed by atoms with E-state index in [1.165, 1.54) is 19.3 Å². The van der Waals surface area contributed by atoms with E-state index in [0.29, 0.717) is 0 Å². The predicted octanol–water partition coefficient (Wildman–Crippen LogP) is 9.08. The van der Waals surface area contributed by atoms with Crippen LogP contribution in [0.1, 0.15) is 157 Å². The fraction of sp³-hybridized carbons (Fsp3) is 0.385. The molecule has 6 bridgehead atoms. The van der Waals surface area contributed by atoms with Crippen LogP contribution in [0.25, 0.3) is 0 Å². The quantitative estimate of drug-likeness (QED) is 0.227. The van der Waals surface area contributed by atoms with Crippen molar-refractivity contribution in [1.29, 1.82) is 0 Å². The smallest absolute Gasteiger partial charge is 0.00150 e. The summed E-state index contributed by atoms with van der Waals surface area (Å²) in [5.74, 6) is 9.59. The van der Waals surface area contributed by atoms with Gasteiger partial charge < -0.3 is 0 Å². The lowest BCUT2D eigenvalue weighted by Crippen LogP contribution is -2.36. The third-order valence-electron chi connectivity index (χ3n) is 14.4. The molecule has 0 saturated heterocycles. The maximum Gasteiger partial charge on any atom is -0.00150 e. The maximum atomic E-state index is 2.48. The topological polar surface area (TPSA) is 0 Å². The maximum absolute atomic E-state index is 2.48. The molecule has 186 valence electrons. The highest BCUT2D eigenvalue weighted by Crippen LogP contribution is 2.83. The second-order valence-corrected chi connectivity index (χ2v) is 14.9. The average molecular weight is 499 g/mol. The molecule has 0 spiro atoms. The molecule has 4 aromatic carbocycles. The van der Waals surface area contributed by atoms with Crippen molar-refractivity contribution in [2.24, 2.45) is 0 Å². The van der Waals surface area contributed by atoms with Gasteiger partial charge in [0.15, 0.2) is 0 Å². The van der Waals surface area contributed by atoms with Gasteiger partial charge in [-0.1, -0.05) is 72.8 Å². The first-order valence-electron chi connectivity index (χ1n) is 15.9. The van der Waals surface area contributed by atoms with Gasteiger partial charge >= 0.3 is 0 Å². The second kappa shape index (κ2) is 5.69. The van der Waals surface area contributed by atoms with Gasteiger partial charge in [0.25, 0.3) is 0 Å². The lowest BCUT2D eigenvalue weighted by molar-refractivity contribution is 0.416. The summed E-state index contributed by atoms with van der Waals surface area (Å²) in [5, 5.41) is 0. The Hall–Kier alpha value is -3.12. The Morgan fingerprint density at radius 3 is 0.641 bits per heavy atom. The lowest BCUT2D eigenvalue weighted by Gasteiger charge is -2.51. The largest absolute Gasteiger partial charge is 0.0620 e. The van der Waals surface area contributed by atoms with Crippen LogP contribution in [0.5, 0.6) is 0 Å². The molecule has 0 amide bonds. The molecule has 0 heteroatoms. The van der Waals surface area contributed by atoms with Crippen molar-refractivity contribution in [2.45, 2.75) is 90.3 Å². The van der Waals surface area contributed by atoms with Crippen molar-refractivity contribution >= 4 is 0 Å². The zero-order chi connectivity index (χ0) is 24.5. The first kappa shape index (κ1) is 19.0. The molecule has 4 aromatic rings. The average Bonchev–Trinajstić information content (AvgIpc) is 3.76. The van der Waals surface area contributed by atoms with Crippen molar-refractivity contribution in [3.63, 3.8) is 0 Å². The van der Waals surface area contributed by atoms with Crippen LogP contribution in [0.2, 0.25) is 0 Å². The summed E-state index contributed by atoms with van der Waals surface area (Å²) in [6.07, 6.45) is 4.31. The molecular formula is C39H30. The molecule has 0 aliphatic heterocycles. The fourth-order valence-electron chi connectivity index (χ4n) is 13.8. The first-order valence-corrected chi connectivity index (χ1v) is 15.9. The van der Waals surface area contributed by atoms with Crippen LogP contribution in [0, 0.1) is 0 Å². The van der Waals surface area contributed by atoms with Gasteiger partial charge in [0.1, 0.15) is 0 Å². The monoisotopic (exact) mass is 498 g/mol. The van der Waals surface area contributed by atoms with Crippen molar-refractivity contribution in [3.05, 3.63) is 140 Å². The molecule has 3 fully saturated rings. The van der Waals surface area contributed by atoms with Gasteiger partial charge in [0.05, 0.1) is 0 Å². The summed E-state index contributed by atoms with van der Waals surface area (Å²) < 4.78 is 0. The number of benzene rings is 4. The van der Waals surface area contributed by atoms with E-state index in [1.54, 1.807) is 33.4 Å². The van der Waals surface area contributed by atoms with E-state index in [0.717, 1.165) is 71.0 Å². The summed E-state index contributed by atoms with van der Waals surface area (Å²) in [7, 11) is 0. The minimum atomic E-state index is 0.792. The summed E-state index contributed by atoms with van der Waals surface area (Å²) >= 11 is 0. The minimum absolute atomic E-state index is 0.792. The zero-order valence-electron chi connectivity index (χ0n) is 22.0. The van der Waals surface area contributed by atoms with Gasteiger partial charge in [-0.05, 0) is 157 Å². The molecule has 9 aliphatic rings. The molecule has 3 saturated carbocycles. The highest BCUT2D eigenvalue weighted by Gasteiger charge is 2.68. The summed E-state index contributed by atoms with van der Waals surface area (Å²) in [5.41, 5.74) is 21.9. The van der Waals surface area contributed by atoms with Crippen molar-refractivity contribution in [3.8, 4) is 0 Å². The van der Waals surface area contributed by atoms with Crippen LogP contribution in [0.15, 0.2) is 72.8 Å². The normalized spacial score (nSPS) is 43.1. The number of hydrogen-bond donors (Lipinski definition) is 0. The molecule has 12 unspecified atom stereocenters. The molecule has 0 N–H and O–H groups in total. The molecule has 9 aliphatic carbocycles. The first-order chi connectivity index (χ1) is 19.4. The third-order valence-corrected chi connectivity index (χ3v) is 14.4. The summed E-state index contributed by atoms with van der Waals surface area (Å²) in [4.78, 5) is 0. The van der Waals surface area contributed by atoms with Gasteiger partial charge in [-0.2, -0.15) is 0 Å². The van der Waals surface area contributed by atoms with E-state index in [1.807, 2.05) is 33.4 Å². The number of hydrogen-bond acceptors (Lipinski definition) is 0. The molecule has 12 atom stereocenters. The van der Waals surface area contributed by atoms with Gasteiger partial charge in [-0.25, -0.2) is 0 Å². The summed E-state index contributed by atoms with van der Waals surface area (Å²) in [6.45, 7) is 0. The van der Waals surface area contributed by atoms with E-state index in [4.69, 9.17) is 0 Å². The van der Waals surface area contributed by atoms with Crippen LogP contribution >= 0.6 is 0 Å². The van der Waals surface area contributed by atoms with E-state index >= 15 is 0 Å². The van der Waals surface area contributed by atoms with Crippen LogP contribution in [-0.2, 0) is 0 Å². The predicted molar refractivity (Wildman–Crippen MR) is 153 cm³/mol. The van der Waals surface area contributed by atoms with E-state index in [-0.39, 0.29) is 0 Å². The molecule has 0 nitrogen and oxygen atoms in total. The number of rotatable bonds is 0. The Balaban J connectivity index is 1.10. The van der Waals surface area contributed by atoms with Gasteiger partial charge in [0, 0.05) is 0 Å². The molecule has 13 rings (SSSR count). The van der Waals surface area contributed by atoms with Crippen LogP contribution in [0.4, 0.5) is 0 Å². The molecular weight excluding hydrogens is 468 g/mol. The van der Waals surface area contributed by atoms with Gasteiger partial charge in [-0.3, -0.25) is 0 Å². The number of fused-ring (bicyclic) bond motifs is 36. The van der Waals surface area contributed by atoms with Crippen molar-refractivity contribution < 1.29 is 0 Å². The van der Waals surface area contributed by atoms with E-state index < -0.39 is 0 Å². The standard InChI is InChI=1S/C39H30/c1-2-8-17-16(7-1)28-22-13-23(29(17)28)35-34(22)36-24-14-26(32-19-10-4-3-9-18(19)30(24)32)38(36)39-27-15-25(37(35)39)31-20-11-5-6-12-21(20)33(27)31/h1-12,22-33H,13-15H2. The Bertz CT molecular complexity index is 1520. The molecule has 39 heavy (non-hydrogen) atoms. The Labute approximate surface area is 229 Å². The lowest BCUT2D eigenvalue weighted by atomic mass is 9.52. The summed E-state index contributed by atoms with van der Waals surface area (Å²) in [6, 6.07) is 28.7. The molecule has 0 aromatic heterocycles. The highest BCUT2D eigenvalue weighted by atomic mass is 14.7. The molecule has 0 heterocycles. The highest BCUT2D eigenvalue weighted by molar-refractivity contribution is 5.76. The van der Waals surface area contributed by atoms with E-state index in [9.17, 15) is 0 Å². The SMILES string of the molecule is c1ccc2c(c1)C1C3CC(c4c3c3c(c5c4C4CC5C5c6ccccc6C45)C4CC3C3c5ccccc5C43)C21. The van der Waals surface area contributed by atoms with Crippen molar-refractivity contribution in [1.82, 2.24) is 0 Å². The Morgan fingerprint density at radius 1 is 0.282 bits per heavy atom. The zero-order valence-corrected chi connectivity index (χ0v) is 22.0. The van der Waals surface area contributed by atoms with Crippen LogP contribution < -0.4 is 0 Å². The van der Waals surface area contributed by atoms with E-state index in [2.05, 4.69) is 72.8 Å². The Morgan fingerprint density at radius 2 is 0.462 bits per heavy atom. The minimum Gasteiger partial charge on any atom is -0.0620 e.